The van der Waals surface area contributed by atoms with E-state index in [1.807, 2.05) is 6.07 Å². The van der Waals surface area contributed by atoms with Crippen LogP contribution in [0.1, 0.15) is 52.8 Å². The van der Waals surface area contributed by atoms with Crippen LogP contribution in [0.3, 0.4) is 0 Å². The van der Waals surface area contributed by atoms with Crippen LogP contribution < -0.4 is 0 Å². The van der Waals surface area contributed by atoms with E-state index < -0.39 is 23.2 Å². The Labute approximate surface area is 127 Å². The first-order chi connectivity index (χ1) is 10.6. The number of carbonyl (C=O) groups excluding carboxylic acids is 3. The molecule has 112 valence electrons. The molecule has 1 heterocycles. The molecule has 1 aliphatic heterocycles. The molecule has 0 bridgehead atoms. The lowest BCUT2D eigenvalue weighted by Gasteiger charge is -2.28. The van der Waals surface area contributed by atoms with Gasteiger partial charge in [0.1, 0.15) is 0 Å². The molecule has 22 heavy (non-hydrogen) atoms. The summed E-state index contributed by atoms with van der Waals surface area (Å²) in [5.41, 5.74) is -0.849. The zero-order chi connectivity index (χ0) is 15.7. The number of carbonyl (C=O) groups is 3. The van der Waals surface area contributed by atoms with Crippen LogP contribution in [-0.4, -0.2) is 22.8 Å². The van der Waals surface area contributed by atoms with Gasteiger partial charge in [-0.05, 0) is 25.0 Å². The fourth-order valence-corrected chi connectivity index (χ4v) is 2.94. The van der Waals surface area contributed by atoms with Crippen molar-refractivity contribution in [1.29, 1.82) is 5.26 Å². The highest BCUT2D eigenvalue weighted by Crippen LogP contribution is 2.37. The van der Waals surface area contributed by atoms with Crippen molar-refractivity contribution in [3.63, 3.8) is 0 Å². The average molecular weight is 298 g/mol. The Morgan fingerprint density at radius 3 is 2.14 bits per heavy atom. The lowest BCUT2D eigenvalue weighted by molar-refractivity contribution is -0.179. The van der Waals surface area contributed by atoms with Crippen molar-refractivity contribution < 1.29 is 19.2 Å². The Morgan fingerprint density at radius 2 is 1.64 bits per heavy atom. The second kappa shape index (κ2) is 5.26. The van der Waals surface area contributed by atoms with Gasteiger partial charge in [0.25, 0.3) is 11.8 Å². The van der Waals surface area contributed by atoms with Gasteiger partial charge in [-0.25, -0.2) is 4.79 Å². The van der Waals surface area contributed by atoms with Crippen molar-refractivity contribution in [3.05, 3.63) is 35.4 Å². The van der Waals surface area contributed by atoms with Crippen LogP contribution in [0.25, 0.3) is 0 Å². The number of imide groups is 1. The minimum absolute atomic E-state index is 0.204. The summed E-state index contributed by atoms with van der Waals surface area (Å²) in [5.74, 6) is -2.15. The zero-order valence-electron chi connectivity index (χ0n) is 11.9. The van der Waals surface area contributed by atoms with Gasteiger partial charge in [-0.1, -0.05) is 36.5 Å². The number of rotatable bonds is 2. The first-order valence-corrected chi connectivity index (χ1v) is 7.20. The molecule has 1 saturated carbocycles. The Hall–Kier alpha value is -2.68. The third kappa shape index (κ3) is 2.06. The van der Waals surface area contributed by atoms with Gasteiger partial charge in [0, 0.05) is 0 Å². The number of amides is 2. The maximum Gasteiger partial charge on any atom is 0.353 e. The summed E-state index contributed by atoms with van der Waals surface area (Å²) >= 11 is 0. The van der Waals surface area contributed by atoms with Crippen LogP contribution >= 0.6 is 0 Å². The molecule has 0 atom stereocenters. The normalized spacial score (nSPS) is 19.5. The monoisotopic (exact) mass is 298 g/mol. The van der Waals surface area contributed by atoms with E-state index in [9.17, 15) is 19.6 Å². The van der Waals surface area contributed by atoms with Crippen LogP contribution in [0.15, 0.2) is 24.3 Å². The number of fused-ring (bicyclic) bond motifs is 1. The van der Waals surface area contributed by atoms with E-state index in [1.165, 1.54) is 12.1 Å². The molecule has 0 N–H and O–H groups in total. The van der Waals surface area contributed by atoms with Crippen molar-refractivity contribution in [1.82, 2.24) is 5.06 Å². The van der Waals surface area contributed by atoms with Crippen molar-refractivity contribution in [3.8, 4) is 6.07 Å². The molecule has 0 aromatic heterocycles. The Morgan fingerprint density at radius 1 is 1.09 bits per heavy atom. The Kier molecular flexibility index (Phi) is 3.41. The van der Waals surface area contributed by atoms with Gasteiger partial charge in [0.15, 0.2) is 5.41 Å². The maximum atomic E-state index is 12.4. The fourth-order valence-electron chi connectivity index (χ4n) is 2.94. The molecular weight excluding hydrogens is 284 g/mol. The first-order valence-electron chi connectivity index (χ1n) is 7.20. The number of nitriles is 1. The third-order valence-electron chi connectivity index (χ3n) is 4.24. The summed E-state index contributed by atoms with van der Waals surface area (Å²) in [6.07, 6.45) is 3.26. The van der Waals surface area contributed by atoms with Gasteiger partial charge >= 0.3 is 5.97 Å². The molecule has 6 heteroatoms. The lowest BCUT2D eigenvalue weighted by Crippen LogP contribution is -2.41. The van der Waals surface area contributed by atoms with Crippen LogP contribution in [-0.2, 0) is 9.63 Å². The molecule has 1 aromatic rings. The van der Waals surface area contributed by atoms with Gasteiger partial charge < -0.3 is 4.84 Å². The molecule has 2 aliphatic rings. The van der Waals surface area contributed by atoms with Crippen LogP contribution in [0.5, 0.6) is 0 Å². The minimum atomic E-state index is -1.26. The average Bonchev–Trinajstić information content (AvgIpc) is 2.81. The summed E-state index contributed by atoms with van der Waals surface area (Å²) in [7, 11) is 0. The standard InChI is InChI=1S/C16H14N2O4/c17-10-16(8-4-1-5-9-16)15(21)22-18-13(19)11-6-2-3-7-12(11)14(18)20/h2-3,6-7H,1,4-5,8-9H2. The molecule has 3 rings (SSSR count). The second-order valence-corrected chi connectivity index (χ2v) is 5.58. The summed E-state index contributed by atoms with van der Waals surface area (Å²) < 4.78 is 0. The van der Waals surface area contributed by atoms with Gasteiger partial charge in [-0.3, -0.25) is 9.59 Å². The Bertz CT molecular complexity index is 663. The SMILES string of the molecule is N#CC1(C(=O)ON2C(=O)c3ccccc3C2=O)CCCCC1. The smallest absolute Gasteiger partial charge is 0.328 e. The molecule has 1 aromatic carbocycles. The summed E-state index contributed by atoms with van der Waals surface area (Å²) in [5, 5.41) is 9.82. The number of hydroxylamine groups is 2. The zero-order valence-corrected chi connectivity index (χ0v) is 11.9. The second-order valence-electron chi connectivity index (χ2n) is 5.58. The van der Waals surface area contributed by atoms with E-state index in [1.54, 1.807) is 12.1 Å². The molecule has 0 radical (unpaired) electrons. The van der Waals surface area contributed by atoms with Gasteiger partial charge in [0.2, 0.25) is 0 Å². The van der Waals surface area contributed by atoms with Crippen LogP contribution in [0.4, 0.5) is 0 Å². The number of nitrogens with zero attached hydrogens (tertiary/aromatic N) is 2. The van der Waals surface area contributed by atoms with E-state index in [0.29, 0.717) is 17.9 Å². The van der Waals surface area contributed by atoms with Crippen molar-refractivity contribution in [2.45, 2.75) is 32.1 Å². The summed E-state index contributed by atoms with van der Waals surface area (Å²) in [6, 6.07) is 8.29. The highest BCUT2D eigenvalue weighted by Gasteiger charge is 2.46. The van der Waals surface area contributed by atoms with E-state index in [4.69, 9.17) is 4.84 Å². The van der Waals surface area contributed by atoms with Crippen LogP contribution in [0, 0.1) is 16.7 Å². The maximum absolute atomic E-state index is 12.4. The lowest BCUT2D eigenvalue weighted by atomic mass is 9.75. The fraction of sp³-hybridized carbons (Fsp3) is 0.375. The number of hydrogen-bond donors (Lipinski definition) is 0. The van der Waals surface area contributed by atoms with Gasteiger partial charge in [0.05, 0.1) is 17.2 Å². The van der Waals surface area contributed by atoms with Crippen molar-refractivity contribution in [2.24, 2.45) is 5.41 Å². The predicted molar refractivity (Wildman–Crippen MR) is 74.2 cm³/mol. The van der Waals surface area contributed by atoms with Crippen LogP contribution in [0.2, 0.25) is 0 Å². The quantitative estimate of drug-likeness (QED) is 0.781. The summed E-state index contributed by atoms with van der Waals surface area (Å²) in [4.78, 5) is 41.7. The predicted octanol–water partition coefficient (Wildman–Crippen LogP) is 2.21. The van der Waals surface area contributed by atoms with E-state index in [2.05, 4.69) is 0 Å². The molecular formula is C16H14N2O4. The first kappa shape index (κ1) is 14.3. The number of benzene rings is 1. The molecule has 6 nitrogen and oxygen atoms in total. The van der Waals surface area contributed by atoms with E-state index >= 15 is 0 Å². The molecule has 0 spiro atoms. The summed E-state index contributed by atoms with van der Waals surface area (Å²) in [6.45, 7) is 0. The van der Waals surface area contributed by atoms with Crippen molar-refractivity contribution >= 4 is 17.8 Å². The number of hydrogen-bond acceptors (Lipinski definition) is 5. The van der Waals surface area contributed by atoms with E-state index in [0.717, 1.165) is 19.3 Å². The molecule has 2 amide bonds. The molecule has 1 aliphatic carbocycles. The van der Waals surface area contributed by atoms with E-state index in [-0.39, 0.29) is 11.1 Å². The van der Waals surface area contributed by atoms with Crippen molar-refractivity contribution in [2.75, 3.05) is 0 Å². The molecule has 0 unspecified atom stereocenters. The highest BCUT2D eigenvalue weighted by atomic mass is 16.7. The van der Waals surface area contributed by atoms with Gasteiger partial charge in [-0.2, -0.15) is 5.26 Å². The van der Waals surface area contributed by atoms with Gasteiger partial charge in [-0.15, -0.1) is 0 Å². The third-order valence-corrected chi connectivity index (χ3v) is 4.24. The Balaban J connectivity index is 1.83. The minimum Gasteiger partial charge on any atom is -0.328 e. The molecule has 0 saturated heterocycles. The largest absolute Gasteiger partial charge is 0.353 e. The highest BCUT2D eigenvalue weighted by molar-refractivity contribution is 6.20. The molecule has 1 fully saturated rings. The topological polar surface area (TPSA) is 87.5 Å².